The molecule has 0 aromatic carbocycles. The monoisotopic (exact) mass is 196 g/mol. The molecule has 0 aliphatic heterocycles. The first-order chi connectivity index (χ1) is 6.60. The van der Waals surface area contributed by atoms with Crippen LogP contribution in [-0.4, -0.2) is 18.9 Å². The topological polar surface area (TPSA) is 43.4 Å². The Labute approximate surface area is 83.8 Å². The highest BCUT2D eigenvalue weighted by Crippen LogP contribution is 2.57. The van der Waals surface area contributed by atoms with Gasteiger partial charge in [-0.2, -0.15) is 0 Å². The lowest BCUT2D eigenvalue weighted by atomic mass is 9.80. The Morgan fingerprint density at radius 3 is 2.57 bits per heavy atom. The normalized spacial score (nSPS) is 41.1. The first-order valence-corrected chi connectivity index (χ1v) is 5.20. The second-order valence-electron chi connectivity index (χ2n) is 4.68. The van der Waals surface area contributed by atoms with Crippen LogP contribution in [0.4, 0.5) is 0 Å². The van der Waals surface area contributed by atoms with Crippen molar-refractivity contribution >= 4 is 11.8 Å². The summed E-state index contributed by atoms with van der Waals surface area (Å²) in [5.74, 6) is 1.02. The molecule has 0 N–H and O–H groups in total. The van der Waals surface area contributed by atoms with Crippen molar-refractivity contribution in [1.82, 2.24) is 0 Å². The molecular formula is C11H16O3. The molecular weight excluding hydrogens is 180 g/mol. The summed E-state index contributed by atoms with van der Waals surface area (Å²) in [5, 5.41) is 0. The third-order valence-corrected chi connectivity index (χ3v) is 3.77. The lowest BCUT2D eigenvalue weighted by molar-refractivity contribution is -0.154. The summed E-state index contributed by atoms with van der Waals surface area (Å²) in [4.78, 5) is 23.0. The highest BCUT2D eigenvalue weighted by Gasteiger charge is 2.58. The van der Waals surface area contributed by atoms with Gasteiger partial charge in [-0.25, -0.2) is 0 Å². The molecule has 2 saturated carbocycles. The first kappa shape index (κ1) is 9.69. The first-order valence-electron chi connectivity index (χ1n) is 5.20. The molecule has 0 heterocycles. The predicted molar refractivity (Wildman–Crippen MR) is 50.6 cm³/mol. The molecule has 2 aliphatic carbocycles. The average molecular weight is 196 g/mol. The van der Waals surface area contributed by atoms with Gasteiger partial charge >= 0.3 is 5.97 Å². The van der Waals surface area contributed by atoms with Crippen LogP contribution in [-0.2, 0) is 14.3 Å². The van der Waals surface area contributed by atoms with E-state index in [-0.39, 0.29) is 11.8 Å². The Balaban J connectivity index is 2.21. The molecule has 2 rings (SSSR count). The number of carbonyl (C=O) groups excluding carboxylic acids is 2. The van der Waals surface area contributed by atoms with Gasteiger partial charge in [0.25, 0.3) is 0 Å². The Morgan fingerprint density at radius 2 is 2.21 bits per heavy atom. The summed E-state index contributed by atoms with van der Waals surface area (Å²) in [6, 6.07) is 0. The van der Waals surface area contributed by atoms with Gasteiger partial charge in [-0.15, -0.1) is 0 Å². The van der Waals surface area contributed by atoms with Crippen LogP contribution in [0, 0.1) is 17.3 Å². The van der Waals surface area contributed by atoms with E-state index in [9.17, 15) is 9.59 Å². The van der Waals surface area contributed by atoms with Crippen LogP contribution in [0.2, 0.25) is 0 Å². The number of ether oxygens (including phenoxy) is 1. The molecule has 3 unspecified atom stereocenters. The molecule has 0 saturated heterocycles. The molecule has 0 amide bonds. The van der Waals surface area contributed by atoms with Gasteiger partial charge in [-0.3, -0.25) is 9.59 Å². The van der Waals surface area contributed by atoms with Gasteiger partial charge in [0.15, 0.2) is 0 Å². The summed E-state index contributed by atoms with van der Waals surface area (Å²) in [6.07, 6.45) is 2.74. The quantitative estimate of drug-likeness (QED) is 0.629. The molecule has 3 nitrogen and oxygen atoms in total. The van der Waals surface area contributed by atoms with Crippen LogP contribution < -0.4 is 0 Å². The van der Waals surface area contributed by atoms with Crippen LogP contribution in [0.15, 0.2) is 0 Å². The lowest BCUT2D eigenvalue weighted by Crippen LogP contribution is -2.32. The number of carbonyl (C=O) groups is 2. The Bertz CT molecular complexity index is 284. The van der Waals surface area contributed by atoms with Gasteiger partial charge in [-0.05, 0) is 24.7 Å². The fraction of sp³-hybridized carbons (Fsp3) is 0.818. The molecule has 0 aromatic heterocycles. The van der Waals surface area contributed by atoms with Crippen molar-refractivity contribution < 1.29 is 14.3 Å². The molecule has 78 valence electrons. The van der Waals surface area contributed by atoms with Gasteiger partial charge in [0, 0.05) is 12.8 Å². The molecule has 3 heteroatoms. The number of Topliss-reactive ketones (excluding diaryl/α,β-unsaturated/α-hetero) is 1. The maximum atomic E-state index is 11.7. The standard InChI is InChI=1S/C11H16O3/c1-7-5-9(7)11(10(13)14-2)4-3-8(12)6-11/h7,9H,3-6H2,1-2H3. The summed E-state index contributed by atoms with van der Waals surface area (Å²) >= 11 is 0. The maximum absolute atomic E-state index is 11.7. The van der Waals surface area contributed by atoms with E-state index < -0.39 is 5.41 Å². The lowest BCUT2D eigenvalue weighted by Gasteiger charge is -2.25. The van der Waals surface area contributed by atoms with Crippen LogP contribution in [0.5, 0.6) is 0 Å². The third kappa shape index (κ3) is 1.26. The smallest absolute Gasteiger partial charge is 0.312 e. The Kier molecular flexibility index (Phi) is 2.13. The second-order valence-corrected chi connectivity index (χ2v) is 4.68. The van der Waals surface area contributed by atoms with Crippen molar-refractivity contribution in [3.63, 3.8) is 0 Å². The number of ketones is 1. The Morgan fingerprint density at radius 1 is 1.57 bits per heavy atom. The van der Waals surface area contributed by atoms with E-state index in [4.69, 9.17) is 4.74 Å². The summed E-state index contributed by atoms with van der Waals surface area (Å²) < 4.78 is 4.84. The van der Waals surface area contributed by atoms with Crippen molar-refractivity contribution in [3.8, 4) is 0 Å². The molecule has 0 radical (unpaired) electrons. The largest absolute Gasteiger partial charge is 0.469 e. The Hall–Kier alpha value is -0.860. The minimum Gasteiger partial charge on any atom is -0.469 e. The number of methoxy groups -OCH3 is 1. The summed E-state index contributed by atoms with van der Waals surface area (Å²) in [5.41, 5.74) is -0.453. The highest BCUT2D eigenvalue weighted by atomic mass is 16.5. The number of rotatable bonds is 2. The van der Waals surface area contributed by atoms with E-state index >= 15 is 0 Å². The van der Waals surface area contributed by atoms with Gasteiger partial charge in [0.2, 0.25) is 0 Å². The number of hydrogen-bond acceptors (Lipinski definition) is 3. The third-order valence-electron chi connectivity index (χ3n) is 3.77. The highest BCUT2D eigenvalue weighted by molar-refractivity contribution is 5.91. The van der Waals surface area contributed by atoms with E-state index in [0.717, 1.165) is 6.42 Å². The second kappa shape index (κ2) is 3.07. The van der Waals surface area contributed by atoms with Crippen LogP contribution in [0.25, 0.3) is 0 Å². The fourth-order valence-electron chi connectivity index (χ4n) is 2.83. The minimum absolute atomic E-state index is 0.169. The number of hydrogen-bond donors (Lipinski definition) is 0. The van der Waals surface area contributed by atoms with Crippen molar-refractivity contribution in [2.45, 2.75) is 32.6 Å². The van der Waals surface area contributed by atoms with E-state index in [1.807, 2.05) is 0 Å². The summed E-state index contributed by atoms with van der Waals surface area (Å²) in [6.45, 7) is 2.14. The molecule has 14 heavy (non-hydrogen) atoms. The van der Waals surface area contributed by atoms with Gasteiger partial charge in [0.05, 0.1) is 12.5 Å². The zero-order valence-electron chi connectivity index (χ0n) is 8.71. The maximum Gasteiger partial charge on any atom is 0.312 e. The minimum atomic E-state index is -0.453. The van der Waals surface area contributed by atoms with Crippen molar-refractivity contribution in [3.05, 3.63) is 0 Å². The van der Waals surface area contributed by atoms with Crippen molar-refractivity contribution in [2.24, 2.45) is 17.3 Å². The predicted octanol–water partition coefficient (Wildman–Crippen LogP) is 1.55. The average Bonchev–Trinajstić information content (AvgIpc) is 2.76. The molecule has 0 bridgehead atoms. The summed E-state index contributed by atoms with van der Waals surface area (Å²) in [7, 11) is 1.42. The van der Waals surface area contributed by atoms with Crippen molar-refractivity contribution in [2.75, 3.05) is 7.11 Å². The fourth-order valence-corrected chi connectivity index (χ4v) is 2.83. The zero-order chi connectivity index (χ0) is 10.3. The molecule has 3 atom stereocenters. The van der Waals surface area contributed by atoms with Gasteiger partial charge in [-0.1, -0.05) is 6.92 Å². The van der Waals surface area contributed by atoms with Gasteiger partial charge in [0.1, 0.15) is 5.78 Å². The number of esters is 1. The molecule has 0 aromatic rings. The van der Waals surface area contributed by atoms with E-state index in [2.05, 4.69) is 6.92 Å². The molecule has 0 spiro atoms. The van der Waals surface area contributed by atoms with E-state index in [1.54, 1.807) is 0 Å². The van der Waals surface area contributed by atoms with E-state index in [0.29, 0.717) is 31.1 Å². The zero-order valence-corrected chi connectivity index (χ0v) is 8.71. The van der Waals surface area contributed by atoms with Crippen molar-refractivity contribution in [1.29, 1.82) is 0 Å². The van der Waals surface area contributed by atoms with Crippen LogP contribution in [0.3, 0.4) is 0 Å². The van der Waals surface area contributed by atoms with Gasteiger partial charge < -0.3 is 4.74 Å². The van der Waals surface area contributed by atoms with Crippen LogP contribution >= 0.6 is 0 Å². The SMILES string of the molecule is COC(=O)C1(C2CC2C)CCC(=O)C1. The molecule has 2 aliphatic rings. The van der Waals surface area contributed by atoms with Crippen LogP contribution in [0.1, 0.15) is 32.6 Å². The van der Waals surface area contributed by atoms with E-state index in [1.165, 1.54) is 7.11 Å². The molecule has 2 fully saturated rings.